The highest BCUT2D eigenvalue weighted by Crippen LogP contribution is 2.28. The van der Waals surface area contributed by atoms with Crippen LogP contribution >= 0.6 is 15.9 Å². The maximum absolute atomic E-state index is 12.3. The number of furan rings is 1. The monoisotopic (exact) mass is 462 g/mol. The molecule has 1 aromatic carbocycles. The van der Waals surface area contributed by atoms with Gasteiger partial charge in [0.25, 0.3) is 5.91 Å². The van der Waals surface area contributed by atoms with Gasteiger partial charge in [0.1, 0.15) is 12.4 Å². The summed E-state index contributed by atoms with van der Waals surface area (Å²) in [6.07, 6.45) is 1.68. The second kappa shape index (κ2) is 8.91. The summed E-state index contributed by atoms with van der Waals surface area (Å²) in [5, 5.41) is 18.1. The van der Waals surface area contributed by atoms with Crippen LogP contribution < -0.4 is 10.1 Å². The molecule has 2 heterocycles. The number of ether oxygens (including phenoxy) is 1. The van der Waals surface area contributed by atoms with Crippen molar-refractivity contribution in [2.24, 2.45) is 0 Å². The first-order valence-electron chi connectivity index (χ1n) is 8.84. The van der Waals surface area contributed by atoms with Crippen molar-refractivity contribution in [3.05, 3.63) is 73.9 Å². The van der Waals surface area contributed by atoms with Gasteiger partial charge in [-0.25, -0.2) is 0 Å². The molecule has 1 amide bonds. The first-order valence-corrected chi connectivity index (χ1v) is 9.63. The smallest absolute Gasteiger partial charge is 0.311 e. The summed E-state index contributed by atoms with van der Waals surface area (Å²) in [4.78, 5) is 23.0. The van der Waals surface area contributed by atoms with Crippen LogP contribution in [0.1, 0.15) is 34.5 Å². The lowest BCUT2D eigenvalue weighted by Crippen LogP contribution is -2.24. The number of aryl methyl sites for hydroxylation is 2. The lowest BCUT2D eigenvalue weighted by atomic mass is 10.2. The van der Waals surface area contributed by atoms with Crippen LogP contribution in [0.25, 0.3) is 0 Å². The molecule has 0 unspecified atom stereocenters. The normalized spacial score (nSPS) is 10.7. The van der Waals surface area contributed by atoms with Crippen molar-refractivity contribution < 1.29 is 18.9 Å². The molecule has 3 rings (SSSR count). The van der Waals surface area contributed by atoms with E-state index in [0.717, 1.165) is 15.7 Å². The first-order chi connectivity index (χ1) is 13.9. The highest BCUT2D eigenvalue weighted by Gasteiger charge is 2.17. The number of hydrogen-bond acceptors (Lipinski definition) is 6. The maximum atomic E-state index is 12.3. The van der Waals surface area contributed by atoms with E-state index in [1.807, 2.05) is 6.92 Å². The number of carbonyl (C=O) groups excluding carboxylic acids is 1. The van der Waals surface area contributed by atoms with Crippen LogP contribution in [0.2, 0.25) is 0 Å². The van der Waals surface area contributed by atoms with Gasteiger partial charge in [-0.15, -0.1) is 0 Å². The van der Waals surface area contributed by atoms with E-state index in [9.17, 15) is 14.9 Å². The van der Waals surface area contributed by atoms with Crippen molar-refractivity contribution in [3.8, 4) is 5.75 Å². The van der Waals surface area contributed by atoms with E-state index < -0.39 is 4.92 Å². The molecule has 0 aliphatic heterocycles. The molecular formula is C19H19BrN4O5. The Balaban J connectivity index is 1.61. The number of aromatic nitrogens is 2. The fraction of sp³-hybridized carbons (Fsp3) is 0.263. The minimum Gasteiger partial charge on any atom is -0.479 e. The summed E-state index contributed by atoms with van der Waals surface area (Å²) < 4.78 is 13.6. The Bertz CT molecular complexity index is 1040. The van der Waals surface area contributed by atoms with Crippen molar-refractivity contribution in [1.82, 2.24) is 15.1 Å². The van der Waals surface area contributed by atoms with Crippen LogP contribution in [-0.2, 0) is 19.7 Å². The lowest BCUT2D eigenvalue weighted by molar-refractivity contribution is -0.386. The molecule has 0 spiro atoms. The Morgan fingerprint density at radius 1 is 1.38 bits per heavy atom. The average molecular weight is 463 g/mol. The van der Waals surface area contributed by atoms with Gasteiger partial charge in [0.15, 0.2) is 11.5 Å². The van der Waals surface area contributed by atoms with E-state index >= 15 is 0 Å². The van der Waals surface area contributed by atoms with E-state index in [1.54, 1.807) is 36.0 Å². The van der Waals surface area contributed by atoms with E-state index in [1.165, 1.54) is 12.1 Å². The number of carbonyl (C=O) groups is 1. The third-order valence-electron chi connectivity index (χ3n) is 4.18. The second-order valence-corrected chi connectivity index (χ2v) is 7.07. The summed E-state index contributed by atoms with van der Waals surface area (Å²) in [7, 11) is 0. The van der Waals surface area contributed by atoms with Crippen LogP contribution in [0.3, 0.4) is 0 Å². The number of halogens is 1. The summed E-state index contributed by atoms with van der Waals surface area (Å²) >= 11 is 3.41. The summed E-state index contributed by atoms with van der Waals surface area (Å²) in [5.74, 6) is 0.263. The van der Waals surface area contributed by atoms with E-state index in [4.69, 9.17) is 9.15 Å². The van der Waals surface area contributed by atoms with Crippen LogP contribution in [0.15, 0.2) is 45.4 Å². The SMILES string of the molecule is CCn1ncc(Br)c1CNC(=O)c1ccc(COc2ccc(C)cc2[N+](=O)[O-])o1. The van der Waals surface area contributed by atoms with Crippen LogP contribution in [-0.4, -0.2) is 20.6 Å². The van der Waals surface area contributed by atoms with Crippen LogP contribution in [0.5, 0.6) is 5.75 Å². The molecule has 0 fully saturated rings. The number of rotatable bonds is 8. The minimum atomic E-state index is -0.498. The Kier molecular flexibility index (Phi) is 6.32. The number of amides is 1. The van der Waals surface area contributed by atoms with Crippen molar-refractivity contribution >= 4 is 27.5 Å². The van der Waals surface area contributed by atoms with Crippen molar-refractivity contribution in [1.29, 1.82) is 0 Å². The number of benzene rings is 1. The fourth-order valence-electron chi connectivity index (χ4n) is 2.71. The summed E-state index contributed by atoms with van der Waals surface area (Å²) in [6.45, 7) is 4.66. The Morgan fingerprint density at radius 2 is 2.17 bits per heavy atom. The largest absolute Gasteiger partial charge is 0.479 e. The van der Waals surface area contributed by atoms with Crippen molar-refractivity contribution in [3.63, 3.8) is 0 Å². The number of nitro groups is 1. The summed E-state index contributed by atoms with van der Waals surface area (Å²) in [5.41, 5.74) is 1.49. The van der Waals surface area contributed by atoms with Crippen LogP contribution in [0.4, 0.5) is 5.69 Å². The predicted octanol–water partition coefficient (Wildman–Crippen LogP) is 3.98. The van der Waals surface area contributed by atoms with E-state index in [0.29, 0.717) is 12.3 Å². The number of nitro benzene ring substituents is 1. The van der Waals surface area contributed by atoms with Gasteiger partial charge >= 0.3 is 5.69 Å². The van der Waals surface area contributed by atoms with Crippen molar-refractivity contribution in [2.75, 3.05) is 0 Å². The third kappa shape index (κ3) is 4.83. The topological polar surface area (TPSA) is 112 Å². The highest BCUT2D eigenvalue weighted by molar-refractivity contribution is 9.10. The predicted molar refractivity (Wildman–Crippen MR) is 108 cm³/mol. The maximum Gasteiger partial charge on any atom is 0.311 e. The molecule has 0 saturated carbocycles. The van der Waals surface area contributed by atoms with Gasteiger partial charge in [-0.1, -0.05) is 6.07 Å². The summed E-state index contributed by atoms with van der Waals surface area (Å²) in [6, 6.07) is 7.83. The molecule has 0 aliphatic carbocycles. The van der Waals surface area contributed by atoms with Gasteiger partial charge in [0, 0.05) is 12.6 Å². The Morgan fingerprint density at radius 3 is 2.90 bits per heavy atom. The van der Waals surface area contributed by atoms with Gasteiger partial charge in [-0.05, 0) is 53.5 Å². The zero-order valence-electron chi connectivity index (χ0n) is 15.8. The molecule has 9 nitrogen and oxygen atoms in total. The molecule has 3 aromatic rings. The van der Waals surface area contributed by atoms with Gasteiger partial charge < -0.3 is 14.5 Å². The molecule has 0 radical (unpaired) electrons. The molecule has 29 heavy (non-hydrogen) atoms. The quantitative estimate of drug-likeness (QED) is 0.400. The molecule has 1 N–H and O–H groups in total. The third-order valence-corrected chi connectivity index (χ3v) is 4.84. The number of nitrogens with zero attached hydrogens (tertiary/aromatic N) is 3. The van der Waals surface area contributed by atoms with Gasteiger partial charge in [0.05, 0.1) is 27.8 Å². The average Bonchev–Trinajstić information content (AvgIpc) is 3.31. The molecule has 0 aliphatic rings. The highest BCUT2D eigenvalue weighted by atomic mass is 79.9. The number of hydrogen-bond donors (Lipinski definition) is 1. The number of nitrogens with one attached hydrogen (secondary N) is 1. The molecule has 10 heteroatoms. The second-order valence-electron chi connectivity index (χ2n) is 6.22. The van der Waals surface area contributed by atoms with E-state index in [-0.39, 0.29) is 36.3 Å². The molecular weight excluding hydrogens is 444 g/mol. The van der Waals surface area contributed by atoms with Crippen LogP contribution in [0, 0.1) is 17.0 Å². The fourth-order valence-corrected chi connectivity index (χ4v) is 3.14. The van der Waals surface area contributed by atoms with Gasteiger partial charge in [-0.2, -0.15) is 5.10 Å². The molecule has 0 bridgehead atoms. The van der Waals surface area contributed by atoms with Gasteiger partial charge in [-0.3, -0.25) is 19.6 Å². The Labute approximate surface area is 174 Å². The van der Waals surface area contributed by atoms with E-state index in [2.05, 4.69) is 26.3 Å². The molecule has 0 atom stereocenters. The zero-order valence-corrected chi connectivity index (χ0v) is 17.4. The molecule has 0 saturated heterocycles. The standard InChI is InChI=1S/C19H19BrN4O5/c1-3-23-16(14(20)9-22-23)10-21-19(25)18-7-5-13(29-18)11-28-17-6-4-12(2)8-15(17)24(26)27/h4-9H,3,10-11H2,1-2H3,(H,21,25). The molecule has 152 valence electrons. The zero-order chi connectivity index (χ0) is 21.0. The lowest BCUT2D eigenvalue weighted by Gasteiger charge is -2.07. The van der Waals surface area contributed by atoms with Gasteiger partial charge in [0.2, 0.25) is 0 Å². The first kappa shape index (κ1) is 20.6. The van der Waals surface area contributed by atoms with Crippen molar-refractivity contribution in [2.45, 2.75) is 33.5 Å². The minimum absolute atomic E-state index is 0.0364. The molecule has 2 aromatic heterocycles. The Hall–Kier alpha value is -3.14.